The molecular formula is C28H31FN2O2. The number of fused-ring (bicyclic) bond motifs is 4. The van der Waals surface area contributed by atoms with E-state index in [1.54, 1.807) is 19.2 Å². The molecule has 6 rings (SSSR count). The highest BCUT2D eigenvalue weighted by Crippen LogP contribution is 2.43. The molecule has 5 atom stereocenters. The lowest BCUT2D eigenvalue weighted by Gasteiger charge is -2.51. The van der Waals surface area contributed by atoms with Gasteiger partial charge >= 0.3 is 0 Å². The Hall–Kier alpha value is -2.76. The topological polar surface area (TPSA) is 45.6 Å². The van der Waals surface area contributed by atoms with Gasteiger partial charge in [-0.05, 0) is 84.8 Å². The molecule has 3 fully saturated rings. The number of halogens is 1. The Bertz CT molecular complexity index is 1160. The zero-order chi connectivity index (χ0) is 22.9. The molecule has 3 aliphatic heterocycles. The predicted octanol–water partition coefficient (Wildman–Crippen LogP) is 5.71. The number of aliphatic hydroxyl groups is 1. The number of methoxy groups -OCH3 is 1. The van der Waals surface area contributed by atoms with Gasteiger partial charge in [-0.3, -0.25) is 4.90 Å². The van der Waals surface area contributed by atoms with Crippen molar-refractivity contribution in [1.82, 2.24) is 9.88 Å². The number of hydrogen-bond donors (Lipinski definition) is 1. The smallest absolute Gasteiger partial charge is 0.123 e. The van der Waals surface area contributed by atoms with Crippen LogP contribution >= 0.6 is 0 Å². The van der Waals surface area contributed by atoms with Crippen molar-refractivity contribution in [2.45, 2.75) is 38.3 Å². The molecule has 3 aliphatic rings. The number of piperidine rings is 3. The van der Waals surface area contributed by atoms with E-state index in [1.165, 1.54) is 25.0 Å². The molecule has 1 N–H and O–H groups in total. The average molecular weight is 447 g/mol. The first-order valence-electron chi connectivity index (χ1n) is 11.9. The Morgan fingerprint density at radius 3 is 2.70 bits per heavy atom. The number of pyridine rings is 1. The number of nitrogens with zero attached hydrogens (tertiary/aromatic N) is 2. The van der Waals surface area contributed by atoms with Gasteiger partial charge in [-0.15, -0.1) is 0 Å². The molecule has 0 saturated carbocycles. The molecule has 33 heavy (non-hydrogen) atoms. The van der Waals surface area contributed by atoms with Gasteiger partial charge in [0.2, 0.25) is 0 Å². The Kier molecular flexibility index (Phi) is 6.17. The van der Waals surface area contributed by atoms with E-state index in [4.69, 9.17) is 9.72 Å². The van der Waals surface area contributed by atoms with Gasteiger partial charge in [-0.25, -0.2) is 9.37 Å². The molecule has 4 nitrogen and oxygen atoms in total. The van der Waals surface area contributed by atoms with Crippen LogP contribution < -0.4 is 4.74 Å². The van der Waals surface area contributed by atoms with Crippen molar-refractivity contribution < 1.29 is 14.2 Å². The Morgan fingerprint density at radius 1 is 1.18 bits per heavy atom. The van der Waals surface area contributed by atoms with Crippen LogP contribution in [0.3, 0.4) is 0 Å². The molecule has 172 valence electrons. The zero-order valence-electron chi connectivity index (χ0n) is 19.2. The third-order valence-electron chi connectivity index (χ3n) is 7.53. The summed E-state index contributed by atoms with van der Waals surface area (Å²) in [6.07, 6.45) is 6.73. The lowest BCUT2D eigenvalue weighted by Crippen LogP contribution is -2.55. The fourth-order valence-corrected chi connectivity index (χ4v) is 5.64. The molecule has 0 aliphatic carbocycles. The molecule has 3 saturated heterocycles. The van der Waals surface area contributed by atoms with E-state index in [-0.39, 0.29) is 11.9 Å². The summed E-state index contributed by atoms with van der Waals surface area (Å²) in [4.78, 5) is 7.29. The number of ether oxygens (including phenoxy) is 1. The van der Waals surface area contributed by atoms with Gasteiger partial charge in [0.05, 0.1) is 24.4 Å². The number of benzene rings is 2. The SMILES string of the molecule is CC[C@H]1CN2CC[C@H]1CC2[C@H](O)c1cc(/C=C/c2ccc(F)cc2)nc2ccc(OC)cc12. The number of hydrogen-bond acceptors (Lipinski definition) is 4. The van der Waals surface area contributed by atoms with Gasteiger partial charge < -0.3 is 9.84 Å². The zero-order valence-corrected chi connectivity index (χ0v) is 19.2. The first-order valence-corrected chi connectivity index (χ1v) is 11.9. The fourth-order valence-electron chi connectivity index (χ4n) is 5.64. The Morgan fingerprint density at radius 2 is 2.00 bits per heavy atom. The van der Waals surface area contributed by atoms with Crippen LogP contribution in [0.25, 0.3) is 23.1 Å². The predicted molar refractivity (Wildman–Crippen MR) is 130 cm³/mol. The van der Waals surface area contributed by atoms with Gasteiger partial charge in [-0.2, -0.15) is 0 Å². The van der Waals surface area contributed by atoms with Gasteiger partial charge in [0.25, 0.3) is 0 Å². The highest BCUT2D eigenvalue weighted by atomic mass is 19.1. The number of rotatable bonds is 6. The van der Waals surface area contributed by atoms with Crippen molar-refractivity contribution in [3.63, 3.8) is 0 Å². The van der Waals surface area contributed by atoms with E-state index >= 15 is 0 Å². The van der Waals surface area contributed by atoms with Crippen LogP contribution in [0, 0.1) is 17.7 Å². The van der Waals surface area contributed by atoms with Gasteiger partial charge in [0.15, 0.2) is 0 Å². The summed E-state index contributed by atoms with van der Waals surface area (Å²) in [5.74, 6) is 1.94. The van der Waals surface area contributed by atoms with Crippen molar-refractivity contribution in [3.05, 3.63) is 71.2 Å². The molecule has 2 aromatic carbocycles. The number of aromatic nitrogens is 1. The molecule has 0 radical (unpaired) electrons. The van der Waals surface area contributed by atoms with Crippen molar-refractivity contribution in [1.29, 1.82) is 0 Å². The summed E-state index contributed by atoms with van der Waals surface area (Å²) in [7, 11) is 1.65. The number of aliphatic hydroxyl groups excluding tert-OH is 1. The van der Waals surface area contributed by atoms with Crippen LogP contribution in [0.2, 0.25) is 0 Å². The minimum atomic E-state index is -0.596. The van der Waals surface area contributed by atoms with Crippen LogP contribution in [-0.4, -0.2) is 41.2 Å². The normalized spacial score (nSPS) is 25.6. The van der Waals surface area contributed by atoms with Crippen molar-refractivity contribution >= 4 is 23.1 Å². The van der Waals surface area contributed by atoms with Crippen molar-refractivity contribution in [2.75, 3.05) is 20.2 Å². The second-order valence-corrected chi connectivity index (χ2v) is 9.36. The molecule has 0 amide bonds. The summed E-state index contributed by atoms with van der Waals surface area (Å²) in [5, 5.41) is 12.6. The second-order valence-electron chi connectivity index (χ2n) is 9.36. The maximum absolute atomic E-state index is 13.2. The maximum atomic E-state index is 13.2. The van der Waals surface area contributed by atoms with Crippen LogP contribution in [0.1, 0.15) is 49.1 Å². The summed E-state index contributed by atoms with van der Waals surface area (Å²) in [6, 6.07) is 14.3. The summed E-state index contributed by atoms with van der Waals surface area (Å²) in [6.45, 7) is 4.42. The Labute approximate surface area is 194 Å². The third kappa shape index (κ3) is 4.40. The lowest BCUT2D eigenvalue weighted by atomic mass is 9.72. The first-order chi connectivity index (χ1) is 16.1. The van der Waals surface area contributed by atoms with E-state index in [1.807, 2.05) is 36.4 Å². The maximum Gasteiger partial charge on any atom is 0.123 e. The van der Waals surface area contributed by atoms with Gasteiger partial charge in [-0.1, -0.05) is 31.6 Å². The molecule has 2 unspecified atom stereocenters. The molecule has 5 heteroatoms. The summed E-state index contributed by atoms with van der Waals surface area (Å²) >= 11 is 0. The Balaban J connectivity index is 1.52. The molecular weight excluding hydrogens is 415 g/mol. The standard InChI is InChI=1S/C28H31FN2O2/c1-3-19-17-31-13-12-20(19)14-27(31)28(32)25-15-22(9-6-18-4-7-21(29)8-5-18)30-26-11-10-23(33-2)16-24(25)26/h4-11,15-16,19-20,27-28,32H,3,12-14,17H2,1-2H3/b9-6+/t19-,20-,27?,28+/m0/s1. The van der Waals surface area contributed by atoms with Crippen LogP contribution in [0.4, 0.5) is 4.39 Å². The molecule has 3 aromatic rings. The summed E-state index contributed by atoms with van der Waals surface area (Å²) in [5.41, 5.74) is 3.39. The van der Waals surface area contributed by atoms with Gasteiger partial charge in [0, 0.05) is 18.0 Å². The lowest BCUT2D eigenvalue weighted by molar-refractivity contribution is -0.0562. The van der Waals surface area contributed by atoms with Crippen molar-refractivity contribution in [3.8, 4) is 5.75 Å². The highest BCUT2D eigenvalue weighted by molar-refractivity contribution is 5.86. The van der Waals surface area contributed by atoms with Crippen molar-refractivity contribution in [2.24, 2.45) is 11.8 Å². The van der Waals surface area contributed by atoms with Crippen LogP contribution in [-0.2, 0) is 0 Å². The third-order valence-corrected chi connectivity index (χ3v) is 7.53. The minimum absolute atomic E-state index is 0.122. The van der Waals surface area contributed by atoms with Crippen LogP contribution in [0.5, 0.6) is 5.75 Å². The summed E-state index contributed by atoms with van der Waals surface area (Å²) < 4.78 is 18.7. The van der Waals surface area contributed by atoms with Gasteiger partial charge in [0.1, 0.15) is 11.6 Å². The van der Waals surface area contributed by atoms with E-state index in [0.717, 1.165) is 58.9 Å². The molecule has 4 heterocycles. The quantitative estimate of drug-likeness (QED) is 0.527. The average Bonchev–Trinajstić information content (AvgIpc) is 2.87. The highest BCUT2D eigenvalue weighted by Gasteiger charge is 2.42. The minimum Gasteiger partial charge on any atom is -0.497 e. The molecule has 1 aromatic heterocycles. The fraction of sp³-hybridized carbons (Fsp3) is 0.393. The largest absolute Gasteiger partial charge is 0.497 e. The monoisotopic (exact) mass is 446 g/mol. The first kappa shape index (κ1) is 22.1. The molecule has 2 bridgehead atoms. The van der Waals surface area contributed by atoms with E-state index in [9.17, 15) is 9.50 Å². The van der Waals surface area contributed by atoms with E-state index in [0.29, 0.717) is 5.92 Å². The second kappa shape index (κ2) is 9.24. The molecule has 0 spiro atoms. The van der Waals surface area contributed by atoms with E-state index < -0.39 is 6.10 Å². The van der Waals surface area contributed by atoms with E-state index in [2.05, 4.69) is 11.8 Å². The van der Waals surface area contributed by atoms with Crippen LogP contribution in [0.15, 0.2) is 48.5 Å².